The highest BCUT2D eigenvalue weighted by molar-refractivity contribution is 7.13. The van der Waals surface area contributed by atoms with Crippen molar-refractivity contribution in [3.8, 4) is 0 Å². The van der Waals surface area contributed by atoms with Gasteiger partial charge in [0.2, 0.25) is 0 Å². The van der Waals surface area contributed by atoms with E-state index in [2.05, 4.69) is 4.98 Å². The summed E-state index contributed by atoms with van der Waals surface area (Å²) in [5.74, 6) is -1.06. The molecule has 1 aromatic heterocycles. The normalized spacial score (nSPS) is 10.6. The molecule has 0 aliphatic heterocycles. The van der Waals surface area contributed by atoms with Gasteiger partial charge in [-0.3, -0.25) is 9.59 Å². The Balaban J connectivity index is 2.67. The molecule has 0 bridgehead atoms. The van der Waals surface area contributed by atoms with E-state index in [4.69, 9.17) is 10.8 Å². The molecule has 3 N–H and O–H groups in total. The number of aliphatic carboxylic acids is 1. The van der Waals surface area contributed by atoms with Crippen LogP contribution in [0.3, 0.4) is 0 Å². The van der Waals surface area contributed by atoms with Crippen LogP contribution in [0.1, 0.15) is 37.2 Å². The Morgan fingerprint density at radius 2 is 2.22 bits per heavy atom. The van der Waals surface area contributed by atoms with Gasteiger partial charge < -0.3 is 15.7 Å². The van der Waals surface area contributed by atoms with Crippen LogP contribution in [0.15, 0.2) is 5.38 Å². The number of anilines is 1. The predicted molar refractivity (Wildman–Crippen MR) is 69.6 cm³/mol. The highest BCUT2D eigenvalue weighted by Gasteiger charge is 2.20. The van der Waals surface area contributed by atoms with Gasteiger partial charge in [0.25, 0.3) is 5.91 Å². The van der Waals surface area contributed by atoms with E-state index in [0.717, 1.165) is 0 Å². The molecule has 1 aromatic rings. The van der Waals surface area contributed by atoms with E-state index < -0.39 is 5.97 Å². The Morgan fingerprint density at radius 1 is 1.56 bits per heavy atom. The van der Waals surface area contributed by atoms with Crippen LogP contribution in [0.2, 0.25) is 0 Å². The average molecular weight is 271 g/mol. The molecule has 1 amide bonds. The number of aromatic nitrogens is 1. The SMILES string of the molecule is CC(C)N(CCCC(=O)O)C(=O)c1csc(N)n1. The van der Waals surface area contributed by atoms with E-state index in [1.807, 2.05) is 13.8 Å². The minimum atomic E-state index is -0.857. The molecule has 18 heavy (non-hydrogen) atoms. The molecule has 1 heterocycles. The minimum absolute atomic E-state index is 0.00535. The zero-order valence-corrected chi connectivity index (χ0v) is 11.2. The number of nitrogens with two attached hydrogens (primary N) is 1. The second-order valence-electron chi connectivity index (χ2n) is 4.16. The number of nitrogens with zero attached hydrogens (tertiary/aromatic N) is 2. The first-order valence-electron chi connectivity index (χ1n) is 5.65. The lowest BCUT2D eigenvalue weighted by molar-refractivity contribution is -0.137. The fraction of sp³-hybridized carbons (Fsp3) is 0.545. The van der Waals surface area contributed by atoms with Crippen LogP contribution < -0.4 is 5.73 Å². The van der Waals surface area contributed by atoms with Gasteiger partial charge in [0, 0.05) is 24.4 Å². The number of carboxylic acid groups (broad SMARTS) is 1. The van der Waals surface area contributed by atoms with Gasteiger partial charge in [-0.05, 0) is 20.3 Å². The van der Waals surface area contributed by atoms with Crippen molar-refractivity contribution in [1.82, 2.24) is 9.88 Å². The molecular formula is C11H17N3O3S. The number of rotatable bonds is 6. The maximum absolute atomic E-state index is 12.1. The van der Waals surface area contributed by atoms with Gasteiger partial charge >= 0.3 is 5.97 Å². The van der Waals surface area contributed by atoms with Crippen molar-refractivity contribution >= 4 is 28.3 Å². The molecule has 0 fully saturated rings. The molecule has 0 aliphatic carbocycles. The summed E-state index contributed by atoms with van der Waals surface area (Å²) in [6.07, 6.45) is 0.481. The molecule has 0 aromatic carbocycles. The molecule has 0 aliphatic rings. The number of hydrogen-bond donors (Lipinski definition) is 2. The van der Waals surface area contributed by atoms with E-state index in [1.54, 1.807) is 10.3 Å². The van der Waals surface area contributed by atoms with Gasteiger partial charge in [-0.25, -0.2) is 4.98 Å². The van der Waals surface area contributed by atoms with E-state index >= 15 is 0 Å². The summed E-state index contributed by atoms with van der Waals surface area (Å²) >= 11 is 1.22. The van der Waals surface area contributed by atoms with Crippen LogP contribution in [-0.4, -0.2) is 39.5 Å². The summed E-state index contributed by atoms with van der Waals surface area (Å²) in [5, 5.41) is 10.6. The number of hydrogen-bond acceptors (Lipinski definition) is 5. The van der Waals surface area contributed by atoms with Crippen LogP contribution in [0.25, 0.3) is 0 Å². The van der Waals surface area contributed by atoms with E-state index in [0.29, 0.717) is 23.8 Å². The molecule has 0 spiro atoms. The van der Waals surface area contributed by atoms with Crippen LogP contribution in [-0.2, 0) is 4.79 Å². The van der Waals surface area contributed by atoms with E-state index in [9.17, 15) is 9.59 Å². The van der Waals surface area contributed by atoms with Gasteiger partial charge in [-0.2, -0.15) is 0 Å². The molecule has 100 valence electrons. The number of thiazole rings is 1. The summed E-state index contributed by atoms with van der Waals surface area (Å²) in [4.78, 5) is 28.2. The first-order chi connectivity index (χ1) is 8.41. The smallest absolute Gasteiger partial charge is 0.303 e. The number of carbonyl (C=O) groups is 2. The van der Waals surface area contributed by atoms with Crippen molar-refractivity contribution < 1.29 is 14.7 Å². The minimum Gasteiger partial charge on any atom is -0.481 e. The van der Waals surface area contributed by atoms with Crippen molar-refractivity contribution in [2.75, 3.05) is 12.3 Å². The molecule has 6 nitrogen and oxygen atoms in total. The number of carboxylic acids is 1. The molecular weight excluding hydrogens is 254 g/mol. The monoisotopic (exact) mass is 271 g/mol. The topological polar surface area (TPSA) is 96.5 Å². The van der Waals surface area contributed by atoms with Crippen LogP contribution in [0.4, 0.5) is 5.13 Å². The third kappa shape index (κ3) is 3.99. The van der Waals surface area contributed by atoms with Gasteiger partial charge in [-0.15, -0.1) is 11.3 Å². The zero-order valence-electron chi connectivity index (χ0n) is 10.4. The molecule has 7 heteroatoms. The van der Waals surface area contributed by atoms with Crippen LogP contribution >= 0.6 is 11.3 Å². The van der Waals surface area contributed by atoms with Crippen molar-refractivity contribution in [3.05, 3.63) is 11.1 Å². The average Bonchev–Trinajstić information content (AvgIpc) is 2.69. The Kier molecular flexibility index (Phi) is 5.08. The first kappa shape index (κ1) is 14.4. The van der Waals surface area contributed by atoms with Crippen LogP contribution in [0, 0.1) is 0 Å². The van der Waals surface area contributed by atoms with Crippen molar-refractivity contribution in [2.45, 2.75) is 32.7 Å². The van der Waals surface area contributed by atoms with Gasteiger partial charge in [0.05, 0.1) is 0 Å². The van der Waals surface area contributed by atoms with Crippen LogP contribution in [0.5, 0.6) is 0 Å². The molecule has 0 radical (unpaired) electrons. The lowest BCUT2D eigenvalue weighted by atomic mass is 10.2. The zero-order chi connectivity index (χ0) is 13.7. The third-order valence-corrected chi connectivity index (χ3v) is 3.09. The number of nitrogen functional groups attached to an aromatic ring is 1. The van der Waals surface area contributed by atoms with Crippen molar-refractivity contribution in [2.24, 2.45) is 0 Å². The molecule has 0 saturated heterocycles. The van der Waals surface area contributed by atoms with Crippen molar-refractivity contribution in [3.63, 3.8) is 0 Å². The summed E-state index contributed by atoms with van der Waals surface area (Å²) < 4.78 is 0. The number of carbonyl (C=O) groups excluding carboxylic acids is 1. The fourth-order valence-electron chi connectivity index (χ4n) is 1.53. The summed E-state index contributed by atoms with van der Waals surface area (Å²) in [6, 6.07) is -0.00535. The van der Waals surface area contributed by atoms with E-state index in [1.165, 1.54) is 11.3 Å². The maximum Gasteiger partial charge on any atom is 0.303 e. The Bertz CT molecular complexity index is 431. The lowest BCUT2D eigenvalue weighted by Crippen LogP contribution is -2.38. The summed E-state index contributed by atoms with van der Waals surface area (Å²) in [7, 11) is 0. The Hall–Kier alpha value is -1.63. The summed E-state index contributed by atoms with van der Waals surface area (Å²) in [5.41, 5.74) is 5.81. The van der Waals surface area contributed by atoms with Gasteiger partial charge in [-0.1, -0.05) is 0 Å². The highest BCUT2D eigenvalue weighted by atomic mass is 32.1. The molecule has 0 saturated carbocycles. The Morgan fingerprint density at radius 3 is 2.67 bits per heavy atom. The highest BCUT2D eigenvalue weighted by Crippen LogP contribution is 2.15. The molecule has 1 rings (SSSR count). The molecule has 0 atom stereocenters. The van der Waals surface area contributed by atoms with Crippen molar-refractivity contribution in [1.29, 1.82) is 0 Å². The standard InChI is InChI=1S/C11H17N3O3S/c1-7(2)14(5-3-4-9(15)16)10(17)8-6-18-11(12)13-8/h6-7H,3-5H2,1-2H3,(H2,12,13)(H,15,16). The lowest BCUT2D eigenvalue weighted by Gasteiger charge is -2.25. The molecule has 0 unspecified atom stereocenters. The Labute approximate surface area is 109 Å². The fourth-order valence-corrected chi connectivity index (χ4v) is 2.06. The van der Waals surface area contributed by atoms with Gasteiger partial charge in [0.1, 0.15) is 5.69 Å². The summed E-state index contributed by atoms with van der Waals surface area (Å²) in [6.45, 7) is 4.17. The maximum atomic E-state index is 12.1. The first-order valence-corrected chi connectivity index (χ1v) is 6.53. The largest absolute Gasteiger partial charge is 0.481 e. The quantitative estimate of drug-likeness (QED) is 0.816. The predicted octanol–water partition coefficient (Wildman–Crippen LogP) is 1.44. The van der Waals surface area contributed by atoms with Gasteiger partial charge in [0.15, 0.2) is 5.13 Å². The second-order valence-corrected chi connectivity index (χ2v) is 5.05. The third-order valence-electron chi connectivity index (χ3n) is 2.41. The number of amides is 1. The second kappa shape index (κ2) is 6.34. The van der Waals surface area contributed by atoms with E-state index in [-0.39, 0.29) is 18.4 Å².